The second kappa shape index (κ2) is 6.92. The average Bonchev–Trinajstić information content (AvgIpc) is 3.03. The van der Waals surface area contributed by atoms with E-state index in [0.717, 1.165) is 18.8 Å². The van der Waals surface area contributed by atoms with Gasteiger partial charge >= 0.3 is 5.91 Å². The lowest BCUT2D eigenvalue weighted by atomic mass is 10.2. The summed E-state index contributed by atoms with van der Waals surface area (Å²) >= 11 is 13.3. The minimum Gasteiger partial charge on any atom is -0.450 e. The highest BCUT2D eigenvalue weighted by atomic mass is 79.9. The maximum atomic E-state index is 12.1. The first kappa shape index (κ1) is 16.9. The number of hydrogen-bond donors (Lipinski definition) is 1. The molecule has 0 bridgehead atoms. The Kier molecular flexibility index (Phi) is 5.10. The van der Waals surface area contributed by atoms with Gasteiger partial charge in [-0.3, -0.25) is 4.79 Å². The number of nitrogens with one attached hydrogen (secondary N) is 1. The molecule has 0 radical (unpaired) electrons. The summed E-state index contributed by atoms with van der Waals surface area (Å²) in [5, 5.41) is 4.65. The van der Waals surface area contributed by atoms with Gasteiger partial charge in [0.05, 0.1) is 15.2 Å². The second-order valence-electron chi connectivity index (χ2n) is 4.39. The van der Waals surface area contributed by atoms with Gasteiger partial charge in [-0.15, -0.1) is 0 Å². The summed E-state index contributed by atoms with van der Waals surface area (Å²) in [5.41, 5.74) is 2.99. The van der Waals surface area contributed by atoms with Crippen LogP contribution in [0.1, 0.15) is 16.3 Å². The Bertz CT molecular complexity index is 910. The van der Waals surface area contributed by atoms with Crippen LogP contribution in [0.15, 0.2) is 56.3 Å². The molecule has 0 spiro atoms. The zero-order valence-corrected chi connectivity index (χ0v) is 17.4. The van der Waals surface area contributed by atoms with Crippen molar-refractivity contribution in [1.29, 1.82) is 0 Å². The molecule has 9 heteroatoms. The van der Waals surface area contributed by atoms with Crippen molar-refractivity contribution >= 4 is 86.8 Å². The van der Waals surface area contributed by atoms with Gasteiger partial charge in [-0.05, 0) is 66.0 Å². The number of hydrogen-bond acceptors (Lipinski definition) is 4. The molecule has 0 unspecified atom stereocenters. The highest BCUT2D eigenvalue weighted by molar-refractivity contribution is 9.13. The third-order valence-corrected chi connectivity index (χ3v) is 5.54. The Hall–Kier alpha value is -0.900. The molecule has 2 heterocycles. The molecular formula is C14H6Br4N2O3. The number of hydrazone groups is 1. The van der Waals surface area contributed by atoms with Crippen molar-refractivity contribution in [1.82, 2.24) is 5.43 Å². The predicted octanol–water partition coefficient (Wildman–Crippen LogP) is 5.84. The fraction of sp³-hybridized carbons (Fsp3) is 0. The van der Waals surface area contributed by atoms with E-state index in [4.69, 9.17) is 8.83 Å². The molecule has 0 aliphatic rings. The molecule has 1 amide bonds. The van der Waals surface area contributed by atoms with E-state index in [-0.39, 0.29) is 5.76 Å². The van der Waals surface area contributed by atoms with Crippen LogP contribution in [0.25, 0.3) is 11.0 Å². The van der Waals surface area contributed by atoms with Crippen LogP contribution < -0.4 is 5.43 Å². The van der Waals surface area contributed by atoms with Crippen molar-refractivity contribution in [3.8, 4) is 0 Å². The highest BCUT2D eigenvalue weighted by Crippen LogP contribution is 2.31. The number of amides is 1. The van der Waals surface area contributed by atoms with Crippen LogP contribution >= 0.6 is 63.7 Å². The normalized spacial score (nSPS) is 11.5. The first-order chi connectivity index (χ1) is 10.9. The zero-order valence-electron chi connectivity index (χ0n) is 11.1. The predicted molar refractivity (Wildman–Crippen MR) is 101 cm³/mol. The molecule has 0 fully saturated rings. The van der Waals surface area contributed by atoms with Crippen LogP contribution in [0.2, 0.25) is 0 Å². The third-order valence-electron chi connectivity index (χ3n) is 2.78. The van der Waals surface area contributed by atoms with E-state index in [1.165, 1.54) is 6.21 Å². The van der Waals surface area contributed by atoms with Crippen LogP contribution in [0.5, 0.6) is 0 Å². The number of furan rings is 2. The molecule has 0 saturated carbocycles. The van der Waals surface area contributed by atoms with E-state index in [1.807, 2.05) is 12.1 Å². The second-order valence-corrected chi connectivity index (χ2v) is 7.73. The Morgan fingerprint density at radius 3 is 2.52 bits per heavy atom. The number of carbonyl (C=O) groups excluding carboxylic acids is 1. The Balaban J connectivity index is 1.77. The number of nitrogens with zero attached hydrogens (tertiary/aromatic N) is 1. The molecule has 1 N–H and O–H groups in total. The number of carbonyl (C=O) groups is 1. The van der Waals surface area contributed by atoms with Crippen molar-refractivity contribution in [3.05, 3.63) is 53.9 Å². The van der Waals surface area contributed by atoms with Gasteiger partial charge in [0, 0.05) is 15.9 Å². The topological polar surface area (TPSA) is 67.7 Å². The molecule has 0 saturated heterocycles. The van der Waals surface area contributed by atoms with Gasteiger partial charge in [0.1, 0.15) is 11.3 Å². The number of halogens is 4. The van der Waals surface area contributed by atoms with Crippen LogP contribution in [-0.2, 0) is 0 Å². The van der Waals surface area contributed by atoms with E-state index in [0.29, 0.717) is 16.0 Å². The number of fused-ring (bicyclic) bond motifs is 1. The van der Waals surface area contributed by atoms with Crippen LogP contribution in [-0.4, -0.2) is 12.1 Å². The summed E-state index contributed by atoms with van der Waals surface area (Å²) in [5.74, 6) is 0.197. The maximum absolute atomic E-state index is 12.1. The molecule has 1 aromatic carbocycles. The largest absolute Gasteiger partial charge is 0.450 e. The van der Waals surface area contributed by atoms with E-state index < -0.39 is 5.91 Å². The SMILES string of the molecule is O=C(N/N=C\c1cc(Br)c(Br)o1)c1cc2cc(Br)cc(Br)c2o1. The van der Waals surface area contributed by atoms with Crippen LogP contribution in [0.3, 0.4) is 0 Å². The fourth-order valence-electron chi connectivity index (χ4n) is 1.82. The first-order valence-electron chi connectivity index (χ1n) is 6.11. The summed E-state index contributed by atoms with van der Waals surface area (Å²) in [6.45, 7) is 0. The Labute approximate surface area is 164 Å². The lowest BCUT2D eigenvalue weighted by molar-refractivity contribution is 0.0929. The zero-order chi connectivity index (χ0) is 16.6. The lowest BCUT2D eigenvalue weighted by Gasteiger charge is -1.95. The minimum absolute atomic E-state index is 0.165. The first-order valence-corrected chi connectivity index (χ1v) is 9.28. The average molecular weight is 570 g/mol. The van der Waals surface area contributed by atoms with Crippen LogP contribution in [0.4, 0.5) is 0 Å². The molecule has 118 valence electrons. The summed E-state index contributed by atoms with van der Waals surface area (Å²) in [6, 6.07) is 7.07. The minimum atomic E-state index is -0.454. The standard InChI is InChI=1S/C14H6Br4N2O3/c15-7-1-6-2-11(23-12(6)9(16)3-7)14(21)20-19-5-8-4-10(17)13(18)22-8/h1-5H,(H,20,21)/b19-5-. The van der Waals surface area contributed by atoms with Gasteiger partial charge in [0.25, 0.3) is 0 Å². The van der Waals surface area contributed by atoms with Crippen LogP contribution in [0, 0.1) is 0 Å². The van der Waals surface area contributed by atoms with Gasteiger partial charge in [-0.2, -0.15) is 5.10 Å². The Morgan fingerprint density at radius 2 is 1.83 bits per heavy atom. The van der Waals surface area contributed by atoms with E-state index in [2.05, 4.69) is 74.2 Å². The smallest absolute Gasteiger partial charge is 0.307 e. The molecule has 23 heavy (non-hydrogen) atoms. The van der Waals surface area contributed by atoms with Gasteiger partial charge in [-0.1, -0.05) is 15.9 Å². The van der Waals surface area contributed by atoms with Crippen molar-refractivity contribution < 1.29 is 13.6 Å². The van der Waals surface area contributed by atoms with Gasteiger partial charge in [0.2, 0.25) is 0 Å². The van der Waals surface area contributed by atoms with Crippen molar-refractivity contribution in [2.24, 2.45) is 5.10 Å². The van der Waals surface area contributed by atoms with E-state index in [9.17, 15) is 4.79 Å². The molecular weight excluding hydrogens is 564 g/mol. The molecule has 5 nitrogen and oxygen atoms in total. The monoisotopic (exact) mass is 566 g/mol. The number of benzene rings is 1. The summed E-state index contributed by atoms with van der Waals surface area (Å²) in [7, 11) is 0. The van der Waals surface area contributed by atoms with Crippen molar-refractivity contribution in [2.75, 3.05) is 0 Å². The van der Waals surface area contributed by atoms with E-state index >= 15 is 0 Å². The fourth-order valence-corrected chi connectivity index (χ4v) is 3.77. The van der Waals surface area contributed by atoms with E-state index in [1.54, 1.807) is 12.1 Å². The van der Waals surface area contributed by atoms with Crippen molar-refractivity contribution in [3.63, 3.8) is 0 Å². The van der Waals surface area contributed by atoms with Crippen molar-refractivity contribution in [2.45, 2.75) is 0 Å². The molecule has 3 rings (SSSR count). The lowest BCUT2D eigenvalue weighted by Crippen LogP contribution is -2.16. The van der Waals surface area contributed by atoms with Gasteiger partial charge in [0.15, 0.2) is 10.4 Å². The highest BCUT2D eigenvalue weighted by Gasteiger charge is 2.14. The van der Waals surface area contributed by atoms with Gasteiger partial charge < -0.3 is 8.83 Å². The molecule has 0 aliphatic heterocycles. The van der Waals surface area contributed by atoms with Gasteiger partial charge in [-0.25, -0.2) is 5.43 Å². The molecule has 3 aromatic rings. The maximum Gasteiger partial charge on any atom is 0.307 e. The molecule has 0 aliphatic carbocycles. The summed E-state index contributed by atoms with van der Waals surface area (Å²) < 4.78 is 13.8. The summed E-state index contributed by atoms with van der Waals surface area (Å²) in [4.78, 5) is 12.1. The molecule has 2 aromatic heterocycles. The Morgan fingerprint density at radius 1 is 1.04 bits per heavy atom. The molecule has 0 atom stereocenters. The third kappa shape index (κ3) is 3.78. The number of rotatable bonds is 3. The summed E-state index contributed by atoms with van der Waals surface area (Å²) in [6.07, 6.45) is 1.39. The quantitative estimate of drug-likeness (QED) is 0.318.